The third kappa shape index (κ3) is 2.64. The average molecular weight is 193 g/mol. The summed E-state index contributed by atoms with van der Waals surface area (Å²) in [6.07, 6.45) is 2.69. The largest absolute Gasteiger partial charge is 0.396 e. The number of nitrogens with zero attached hydrogens (tertiary/aromatic N) is 2. The van der Waals surface area contributed by atoms with E-state index in [1.165, 1.54) is 0 Å². The van der Waals surface area contributed by atoms with Crippen LogP contribution in [0.5, 0.6) is 0 Å². The molecule has 12 heavy (non-hydrogen) atoms. The van der Waals surface area contributed by atoms with Crippen LogP contribution in [0.25, 0.3) is 0 Å². The molecule has 0 atom stereocenters. The summed E-state index contributed by atoms with van der Waals surface area (Å²) < 4.78 is 0. The van der Waals surface area contributed by atoms with Crippen LogP contribution in [-0.2, 0) is 0 Å². The van der Waals surface area contributed by atoms with Gasteiger partial charge >= 0.3 is 0 Å². The first-order valence-electron chi connectivity index (χ1n) is 4.04. The molecule has 0 radical (unpaired) electrons. The second kappa shape index (κ2) is 4.67. The summed E-state index contributed by atoms with van der Waals surface area (Å²) in [7, 11) is 0. The maximum atomic E-state index is 8.79. The van der Waals surface area contributed by atoms with Crippen LogP contribution in [0, 0.1) is 0 Å². The standard InChI is InChI=1S/C8H16N2O.ClH/c1-8(2,3-6-11)10-5-4-9-7-10;/h7,11H,3-6H2,1-2H3;1H. The normalized spacial score (nSPS) is 16.4. The molecule has 72 valence electrons. The lowest BCUT2D eigenvalue weighted by Gasteiger charge is -2.34. The van der Waals surface area contributed by atoms with Crippen molar-refractivity contribution in [1.82, 2.24) is 4.90 Å². The Kier molecular flexibility index (Phi) is 4.57. The van der Waals surface area contributed by atoms with Crippen LogP contribution in [0.2, 0.25) is 0 Å². The van der Waals surface area contributed by atoms with Crippen LogP contribution < -0.4 is 0 Å². The maximum Gasteiger partial charge on any atom is 0.0855 e. The smallest absolute Gasteiger partial charge is 0.0855 e. The molecule has 0 bridgehead atoms. The highest BCUT2D eigenvalue weighted by molar-refractivity contribution is 5.85. The topological polar surface area (TPSA) is 35.8 Å². The number of aliphatic hydroxyl groups excluding tert-OH is 1. The molecule has 3 nitrogen and oxygen atoms in total. The number of aliphatic hydroxyl groups is 1. The van der Waals surface area contributed by atoms with E-state index in [2.05, 4.69) is 23.7 Å². The molecule has 0 aliphatic carbocycles. The van der Waals surface area contributed by atoms with Crippen LogP contribution in [0.3, 0.4) is 0 Å². The van der Waals surface area contributed by atoms with E-state index < -0.39 is 0 Å². The third-order valence-electron chi connectivity index (χ3n) is 2.19. The van der Waals surface area contributed by atoms with Crippen LogP contribution >= 0.6 is 12.4 Å². The first-order chi connectivity index (χ1) is 5.17. The predicted molar refractivity (Wildman–Crippen MR) is 53.1 cm³/mol. The van der Waals surface area contributed by atoms with Crippen LogP contribution in [-0.4, -0.2) is 41.6 Å². The van der Waals surface area contributed by atoms with Crippen molar-refractivity contribution in [2.75, 3.05) is 19.7 Å². The maximum absolute atomic E-state index is 8.79. The lowest BCUT2D eigenvalue weighted by atomic mass is 9.99. The number of rotatable bonds is 3. The summed E-state index contributed by atoms with van der Waals surface area (Å²) in [6.45, 7) is 6.39. The summed E-state index contributed by atoms with van der Waals surface area (Å²) in [5.74, 6) is 0. The van der Waals surface area contributed by atoms with E-state index >= 15 is 0 Å². The fourth-order valence-electron chi connectivity index (χ4n) is 1.26. The second-order valence-electron chi connectivity index (χ2n) is 3.50. The molecule has 0 unspecified atom stereocenters. The number of hydrogen-bond acceptors (Lipinski definition) is 3. The van der Waals surface area contributed by atoms with Gasteiger partial charge in [0.1, 0.15) is 0 Å². The van der Waals surface area contributed by atoms with Crippen molar-refractivity contribution >= 4 is 18.7 Å². The molecular formula is C8H17ClN2O. The van der Waals surface area contributed by atoms with Gasteiger partial charge in [-0.2, -0.15) is 0 Å². The Hall–Kier alpha value is -0.280. The number of aliphatic imine (C=N–C) groups is 1. The Labute approximate surface area is 79.9 Å². The zero-order chi connectivity index (χ0) is 8.32. The van der Waals surface area contributed by atoms with Gasteiger partial charge in [0.05, 0.1) is 12.9 Å². The van der Waals surface area contributed by atoms with Crippen molar-refractivity contribution in [2.45, 2.75) is 25.8 Å². The van der Waals surface area contributed by atoms with E-state index in [9.17, 15) is 0 Å². The van der Waals surface area contributed by atoms with E-state index in [0.29, 0.717) is 0 Å². The molecule has 0 saturated carbocycles. The highest BCUT2D eigenvalue weighted by Crippen LogP contribution is 2.18. The van der Waals surface area contributed by atoms with Gasteiger partial charge in [0, 0.05) is 18.7 Å². The van der Waals surface area contributed by atoms with E-state index in [-0.39, 0.29) is 24.6 Å². The summed E-state index contributed by atoms with van der Waals surface area (Å²) in [5.41, 5.74) is 0.0642. The van der Waals surface area contributed by atoms with E-state index in [1.54, 1.807) is 0 Å². The molecule has 1 rings (SSSR count). The minimum atomic E-state index is 0. The number of hydrogen-bond donors (Lipinski definition) is 1. The van der Waals surface area contributed by atoms with Crippen molar-refractivity contribution < 1.29 is 5.11 Å². The van der Waals surface area contributed by atoms with Gasteiger partial charge in [0.2, 0.25) is 0 Å². The zero-order valence-corrected chi connectivity index (χ0v) is 8.47. The summed E-state index contributed by atoms with van der Waals surface area (Å²) in [6, 6.07) is 0. The Bertz CT molecular complexity index is 159. The molecule has 0 aromatic heterocycles. The predicted octanol–water partition coefficient (Wildman–Crippen LogP) is 0.913. The number of halogens is 1. The Morgan fingerprint density at radius 3 is 2.67 bits per heavy atom. The van der Waals surface area contributed by atoms with E-state index in [1.807, 2.05) is 6.34 Å². The van der Waals surface area contributed by atoms with Crippen LogP contribution in [0.1, 0.15) is 20.3 Å². The molecular weight excluding hydrogens is 176 g/mol. The molecule has 1 aliphatic rings. The summed E-state index contributed by atoms with van der Waals surface area (Å²) >= 11 is 0. The molecule has 1 aliphatic heterocycles. The van der Waals surface area contributed by atoms with Crippen molar-refractivity contribution in [3.63, 3.8) is 0 Å². The minimum absolute atomic E-state index is 0. The van der Waals surface area contributed by atoms with Crippen LogP contribution in [0.15, 0.2) is 4.99 Å². The molecule has 0 saturated heterocycles. The van der Waals surface area contributed by atoms with Crippen molar-refractivity contribution in [3.05, 3.63) is 0 Å². The lowest BCUT2D eigenvalue weighted by Crippen LogP contribution is -2.42. The highest BCUT2D eigenvalue weighted by Gasteiger charge is 2.25. The third-order valence-corrected chi connectivity index (χ3v) is 2.19. The van der Waals surface area contributed by atoms with Gasteiger partial charge in [-0.05, 0) is 20.3 Å². The fourth-order valence-corrected chi connectivity index (χ4v) is 1.26. The Morgan fingerprint density at radius 1 is 1.58 bits per heavy atom. The molecule has 4 heteroatoms. The monoisotopic (exact) mass is 192 g/mol. The molecule has 0 aromatic rings. The van der Waals surface area contributed by atoms with Gasteiger partial charge in [0.25, 0.3) is 0 Å². The van der Waals surface area contributed by atoms with Gasteiger partial charge in [-0.15, -0.1) is 12.4 Å². The van der Waals surface area contributed by atoms with Crippen molar-refractivity contribution in [2.24, 2.45) is 4.99 Å². The fraction of sp³-hybridized carbons (Fsp3) is 0.875. The van der Waals surface area contributed by atoms with Gasteiger partial charge in [-0.25, -0.2) is 0 Å². The first-order valence-corrected chi connectivity index (χ1v) is 4.04. The minimum Gasteiger partial charge on any atom is -0.396 e. The molecule has 0 fully saturated rings. The van der Waals surface area contributed by atoms with Gasteiger partial charge in [0.15, 0.2) is 0 Å². The summed E-state index contributed by atoms with van der Waals surface area (Å²) in [5, 5.41) is 8.79. The summed E-state index contributed by atoms with van der Waals surface area (Å²) in [4.78, 5) is 6.32. The second-order valence-corrected chi connectivity index (χ2v) is 3.50. The Morgan fingerprint density at radius 2 is 2.25 bits per heavy atom. The first kappa shape index (κ1) is 11.7. The SMILES string of the molecule is CC(C)(CCO)N1C=NCC1.Cl. The van der Waals surface area contributed by atoms with Gasteiger partial charge in [-0.1, -0.05) is 0 Å². The van der Waals surface area contributed by atoms with Gasteiger partial charge in [-0.3, -0.25) is 4.99 Å². The molecule has 1 N–H and O–H groups in total. The molecule has 0 amide bonds. The quantitative estimate of drug-likeness (QED) is 0.722. The van der Waals surface area contributed by atoms with Gasteiger partial charge < -0.3 is 10.0 Å². The van der Waals surface area contributed by atoms with Crippen molar-refractivity contribution in [1.29, 1.82) is 0 Å². The van der Waals surface area contributed by atoms with Crippen LogP contribution in [0.4, 0.5) is 0 Å². The molecule has 0 spiro atoms. The molecule has 1 heterocycles. The van der Waals surface area contributed by atoms with E-state index in [4.69, 9.17) is 5.11 Å². The zero-order valence-electron chi connectivity index (χ0n) is 7.66. The van der Waals surface area contributed by atoms with E-state index in [0.717, 1.165) is 19.5 Å². The Balaban J connectivity index is 0.00000121. The van der Waals surface area contributed by atoms with Crippen molar-refractivity contribution in [3.8, 4) is 0 Å². The highest BCUT2D eigenvalue weighted by atomic mass is 35.5. The molecule has 0 aromatic carbocycles. The average Bonchev–Trinajstić information content (AvgIpc) is 2.37. The lowest BCUT2D eigenvalue weighted by molar-refractivity contribution is 0.169.